The summed E-state index contributed by atoms with van der Waals surface area (Å²) < 4.78 is 6.91. The van der Waals surface area contributed by atoms with E-state index in [2.05, 4.69) is 5.10 Å². The van der Waals surface area contributed by atoms with Crippen LogP contribution in [0.4, 0.5) is 0 Å². The fourth-order valence-corrected chi connectivity index (χ4v) is 3.17. The molecular weight excluding hydrogens is 332 g/mol. The third-order valence-electron chi connectivity index (χ3n) is 4.70. The lowest BCUT2D eigenvalue weighted by molar-refractivity contribution is 0.0527. The molecule has 0 unspecified atom stereocenters. The fourth-order valence-electron chi connectivity index (χ4n) is 3.17. The molecule has 0 bridgehead atoms. The van der Waals surface area contributed by atoms with Gasteiger partial charge in [-0.1, -0.05) is 19.1 Å². The average molecular weight is 356 g/mol. The fraction of sp³-hybridized carbons (Fsp3) is 0.421. The number of nitrogens with zero attached hydrogens (tertiary/aromatic N) is 4. The summed E-state index contributed by atoms with van der Waals surface area (Å²) in [5, 5.41) is 4.34. The van der Waals surface area contributed by atoms with E-state index in [1.54, 1.807) is 40.8 Å². The Morgan fingerprint density at radius 3 is 2.27 bits per heavy atom. The highest BCUT2D eigenvalue weighted by atomic mass is 16.5. The minimum atomic E-state index is -0.0663. The summed E-state index contributed by atoms with van der Waals surface area (Å²) >= 11 is 0. The molecule has 1 aromatic carbocycles. The number of rotatable bonds is 4. The van der Waals surface area contributed by atoms with E-state index in [4.69, 9.17) is 4.74 Å². The summed E-state index contributed by atoms with van der Waals surface area (Å²) in [5.74, 6) is 0.463. The van der Waals surface area contributed by atoms with E-state index in [-0.39, 0.29) is 11.8 Å². The lowest BCUT2D eigenvalue weighted by atomic mass is 10.1. The molecule has 1 aromatic heterocycles. The number of amides is 2. The standard InChI is InChI=1S/C19H24N4O3/c1-4-14-13-16(21(2)20-14)19(25)23-11-9-22(10-12-23)18(24)15-7-5-6-8-17(15)26-3/h5-8,13H,4,9-12H2,1-3H3. The Balaban J connectivity index is 1.66. The van der Waals surface area contributed by atoms with Crippen LogP contribution in [-0.2, 0) is 13.5 Å². The lowest BCUT2D eigenvalue weighted by Gasteiger charge is -2.34. The Morgan fingerprint density at radius 2 is 1.69 bits per heavy atom. The number of hydrogen-bond donors (Lipinski definition) is 0. The molecule has 0 radical (unpaired) electrons. The second-order valence-corrected chi connectivity index (χ2v) is 6.28. The Kier molecular flexibility index (Phi) is 5.25. The summed E-state index contributed by atoms with van der Waals surface area (Å²) in [5.41, 5.74) is 2.04. The first-order chi connectivity index (χ1) is 12.5. The molecule has 2 amide bonds. The van der Waals surface area contributed by atoms with E-state index in [1.165, 1.54) is 0 Å². The number of carbonyl (C=O) groups is 2. The number of ether oxygens (including phenoxy) is 1. The molecule has 26 heavy (non-hydrogen) atoms. The van der Waals surface area contributed by atoms with Gasteiger partial charge >= 0.3 is 0 Å². The highest BCUT2D eigenvalue weighted by Gasteiger charge is 2.28. The van der Waals surface area contributed by atoms with Crippen molar-refractivity contribution in [2.24, 2.45) is 7.05 Å². The monoisotopic (exact) mass is 356 g/mol. The molecule has 2 heterocycles. The summed E-state index contributed by atoms with van der Waals surface area (Å²) in [4.78, 5) is 29.0. The molecule has 2 aromatic rings. The van der Waals surface area contributed by atoms with Crippen molar-refractivity contribution in [1.29, 1.82) is 0 Å². The van der Waals surface area contributed by atoms with Crippen molar-refractivity contribution in [3.63, 3.8) is 0 Å². The van der Waals surface area contributed by atoms with Gasteiger partial charge in [0.05, 0.1) is 18.4 Å². The van der Waals surface area contributed by atoms with Crippen LogP contribution in [0.5, 0.6) is 5.75 Å². The van der Waals surface area contributed by atoms with Crippen molar-refractivity contribution in [3.05, 3.63) is 47.3 Å². The second-order valence-electron chi connectivity index (χ2n) is 6.28. The largest absolute Gasteiger partial charge is 0.496 e. The summed E-state index contributed by atoms with van der Waals surface area (Å²) in [6.45, 7) is 4.03. The number of benzene rings is 1. The molecule has 1 aliphatic heterocycles. The van der Waals surface area contributed by atoms with E-state index < -0.39 is 0 Å². The molecule has 1 aliphatic rings. The van der Waals surface area contributed by atoms with Gasteiger partial charge in [-0.3, -0.25) is 14.3 Å². The Bertz CT molecular complexity index is 807. The molecular formula is C19H24N4O3. The Hall–Kier alpha value is -2.83. The maximum Gasteiger partial charge on any atom is 0.272 e. The maximum atomic E-state index is 12.8. The van der Waals surface area contributed by atoms with Gasteiger partial charge in [-0.05, 0) is 24.6 Å². The van der Waals surface area contributed by atoms with Crippen molar-refractivity contribution < 1.29 is 14.3 Å². The van der Waals surface area contributed by atoms with Crippen LogP contribution in [0.3, 0.4) is 0 Å². The zero-order valence-corrected chi connectivity index (χ0v) is 15.4. The highest BCUT2D eigenvalue weighted by Crippen LogP contribution is 2.20. The summed E-state index contributed by atoms with van der Waals surface area (Å²) in [6, 6.07) is 9.05. The molecule has 138 valence electrons. The molecule has 0 saturated carbocycles. The van der Waals surface area contributed by atoms with Crippen LogP contribution in [0.2, 0.25) is 0 Å². The normalized spacial score (nSPS) is 14.4. The van der Waals surface area contributed by atoms with Gasteiger partial charge in [0.1, 0.15) is 11.4 Å². The van der Waals surface area contributed by atoms with Crippen LogP contribution < -0.4 is 4.74 Å². The minimum Gasteiger partial charge on any atom is -0.496 e. The molecule has 1 fully saturated rings. The van der Waals surface area contributed by atoms with E-state index in [9.17, 15) is 9.59 Å². The van der Waals surface area contributed by atoms with Crippen LogP contribution >= 0.6 is 0 Å². The first-order valence-corrected chi connectivity index (χ1v) is 8.79. The molecule has 0 aliphatic carbocycles. The van der Waals surface area contributed by atoms with Gasteiger partial charge in [0.15, 0.2) is 0 Å². The van der Waals surface area contributed by atoms with Gasteiger partial charge in [0.25, 0.3) is 11.8 Å². The number of aromatic nitrogens is 2. The Morgan fingerprint density at radius 1 is 1.08 bits per heavy atom. The third kappa shape index (κ3) is 3.42. The van der Waals surface area contributed by atoms with Gasteiger partial charge in [0.2, 0.25) is 0 Å². The first-order valence-electron chi connectivity index (χ1n) is 8.79. The summed E-state index contributed by atoms with van der Waals surface area (Å²) in [7, 11) is 3.34. The van der Waals surface area contributed by atoms with Gasteiger partial charge in [-0.15, -0.1) is 0 Å². The molecule has 0 N–H and O–H groups in total. The van der Waals surface area contributed by atoms with Gasteiger partial charge in [-0.25, -0.2) is 0 Å². The third-order valence-corrected chi connectivity index (χ3v) is 4.70. The molecule has 0 atom stereocenters. The van der Waals surface area contributed by atoms with E-state index in [0.717, 1.165) is 12.1 Å². The number of methoxy groups -OCH3 is 1. The molecule has 1 saturated heterocycles. The topological polar surface area (TPSA) is 67.7 Å². The van der Waals surface area contributed by atoms with Gasteiger partial charge in [-0.2, -0.15) is 5.10 Å². The predicted octanol–water partition coefficient (Wildman–Crippen LogP) is 1.59. The Labute approximate surface area is 153 Å². The van der Waals surface area contributed by atoms with Crippen LogP contribution in [0, 0.1) is 0 Å². The number of carbonyl (C=O) groups excluding carboxylic acids is 2. The molecule has 7 nitrogen and oxygen atoms in total. The van der Waals surface area contributed by atoms with Gasteiger partial charge in [0, 0.05) is 33.2 Å². The first kappa shape index (κ1) is 18.0. The summed E-state index contributed by atoms with van der Waals surface area (Å²) in [6.07, 6.45) is 0.794. The maximum absolute atomic E-state index is 12.8. The quantitative estimate of drug-likeness (QED) is 0.834. The zero-order valence-electron chi connectivity index (χ0n) is 15.4. The SMILES string of the molecule is CCc1cc(C(=O)N2CCN(C(=O)c3ccccc3OC)CC2)n(C)n1. The van der Waals surface area contributed by atoms with Crippen LogP contribution in [0.15, 0.2) is 30.3 Å². The van der Waals surface area contributed by atoms with Crippen molar-refractivity contribution in [1.82, 2.24) is 19.6 Å². The van der Waals surface area contributed by atoms with E-state index in [1.807, 2.05) is 25.1 Å². The molecule has 7 heteroatoms. The number of piperazine rings is 1. The van der Waals surface area contributed by atoms with Crippen LogP contribution in [0.1, 0.15) is 33.5 Å². The van der Waals surface area contributed by atoms with Crippen molar-refractivity contribution in [2.75, 3.05) is 33.3 Å². The van der Waals surface area contributed by atoms with Crippen LogP contribution in [0.25, 0.3) is 0 Å². The number of aryl methyl sites for hydroxylation is 2. The predicted molar refractivity (Wildman–Crippen MR) is 97.4 cm³/mol. The number of para-hydroxylation sites is 1. The number of hydrogen-bond acceptors (Lipinski definition) is 4. The smallest absolute Gasteiger partial charge is 0.272 e. The molecule has 0 spiro atoms. The minimum absolute atomic E-state index is 0.0379. The average Bonchev–Trinajstić information content (AvgIpc) is 3.07. The van der Waals surface area contributed by atoms with Crippen molar-refractivity contribution in [2.45, 2.75) is 13.3 Å². The zero-order chi connectivity index (χ0) is 18.7. The molecule has 3 rings (SSSR count). The lowest BCUT2D eigenvalue weighted by Crippen LogP contribution is -2.50. The van der Waals surface area contributed by atoms with Crippen LogP contribution in [-0.4, -0.2) is 64.7 Å². The van der Waals surface area contributed by atoms with Crippen molar-refractivity contribution >= 4 is 11.8 Å². The second kappa shape index (κ2) is 7.59. The highest BCUT2D eigenvalue weighted by molar-refractivity contribution is 5.97. The van der Waals surface area contributed by atoms with E-state index >= 15 is 0 Å². The van der Waals surface area contributed by atoms with Gasteiger partial charge < -0.3 is 14.5 Å². The van der Waals surface area contributed by atoms with Crippen molar-refractivity contribution in [3.8, 4) is 5.75 Å². The van der Waals surface area contributed by atoms with E-state index in [0.29, 0.717) is 43.2 Å².